The molecule has 2 aromatic heterocycles. The fourth-order valence-electron chi connectivity index (χ4n) is 2.87. The first kappa shape index (κ1) is 18.4. The van der Waals surface area contributed by atoms with Crippen molar-refractivity contribution in [1.82, 2.24) is 20.0 Å². The fraction of sp³-hybridized carbons (Fsp3) is 0.105. The number of nitrogens with zero attached hydrogens (tertiary/aromatic N) is 4. The number of hydrogen-bond acceptors (Lipinski definition) is 4. The highest BCUT2D eigenvalue weighted by molar-refractivity contribution is 7.14. The first-order valence-electron chi connectivity index (χ1n) is 8.05. The summed E-state index contributed by atoms with van der Waals surface area (Å²) in [7, 11) is 0. The Morgan fingerprint density at radius 2 is 1.59 bits per heavy atom. The minimum absolute atomic E-state index is 0.514. The minimum Gasteiger partial charge on any atom is -0.231 e. The Bertz CT molecular complexity index is 1130. The van der Waals surface area contributed by atoms with E-state index in [1.807, 2.05) is 48.9 Å². The summed E-state index contributed by atoms with van der Waals surface area (Å²) in [6, 6.07) is 13.0. The average Bonchev–Trinajstić information content (AvgIpc) is 3.19. The van der Waals surface area contributed by atoms with E-state index in [2.05, 4.69) is 10.2 Å². The number of aryl methyl sites for hydroxylation is 1. The topological polar surface area (TPSA) is 43.6 Å². The zero-order valence-corrected chi connectivity index (χ0v) is 17.5. The third-order valence-corrected chi connectivity index (χ3v) is 5.74. The van der Waals surface area contributed by atoms with Gasteiger partial charge in [0.15, 0.2) is 5.01 Å². The Morgan fingerprint density at radius 1 is 0.889 bits per heavy atom. The van der Waals surface area contributed by atoms with Gasteiger partial charge in [0.25, 0.3) is 0 Å². The van der Waals surface area contributed by atoms with Crippen molar-refractivity contribution < 1.29 is 0 Å². The quantitative estimate of drug-likeness (QED) is 0.362. The van der Waals surface area contributed by atoms with Gasteiger partial charge in [-0.15, -0.1) is 10.2 Å². The molecule has 0 fully saturated rings. The monoisotopic (exact) mass is 434 g/mol. The maximum Gasteiger partial charge on any atom is 0.168 e. The summed E-state index contributed by atoms with van der Waals surface area (Å²) < 4.78 is 1.82. The van der Waals surface area contributed by atoms with Gasteiger partial charge in [0, 0.05) is 21.2 Å². The van der Waals surface area contributed by atoms with Crippen LogP contribution in [0, 0.1) is 13.8 Å². The van der Waals surface area contributed by atoms with Crippen molar-refractivity contribution in [1.29, 1.82) is 0 Å². The van der Waals surface area contributed by atoms with Crippen LogP contribution in [-0.2, 0) is 0 Å². The maximum atomic E-state index is 6.47. The van der Waals surface area contributed by atoms with E-state index in [4.69, 9.17) is 39.9 Å². The molecule has 136 valence electrons. The summed E-state index contributed by atoms with van der Waals surface area (Å²) in [4.78, 5) is 0. The molecule has 0 atom stereocenters. The summed E-state index contributed by atoms with van der Waals surface area (Å²) in [5.74, 6) is 0. The molecule has 0 radical (unpaired) electrons. The summed E-state index contributed by atoms with van der Waals surface area (Å²) in [6.45, 7) is 3.94. The second kappa shape index (κ2) is 7.24. The number of rotatable bonds is 3. The molecule has 0 aliphatic rings. The Hall–Kier alpha value is -1.92. The van der Waals surface area contributed by atoms with E-state index in [1.54, 1.807) is 12.1 Å². The molecule has 2 heterocycles. The van der Waals surface area contributed by atoms with Crippen LogP contribution in [0.2, 0.25) is 15.1 Å². The molecule has 4 rings (SSSR count). The lowest BCUT2D eigenvalue weighted by molar-refractivity contribution is 0.889. The van der Waals surface area contributed by atoms with Gasteiger partial charge in [-0.1, -0.05) is 58.3 Å². The van der Waals surface area contributed by atoms with Gasteiger partial charge in [0.05, 0.1) is 16.4 Å². The van der Waals surface area contributed by atoms with Gasteiger partial charge in [0.1, 0.15) is 10.7 Å². The molecule has 2 aromatic carbocycles. The highest BCUT2D eigenvalue weighted by Crippen LogP contribution is 2.37. The molecular formula is C19H13Cl3N4S. The lowest BCUT2D eigenvalue weighted by Gasteiger charge is -2.11. The maximum absolute atomic E-state index is 6.47. The molecule has 0 bridgehead atoms. The van der Waals surface area contributed by atoms with Crippen LogP contribution in [0.3, 0.4) is 0 Å². The van der Waals surface area contributed by atoms with Crippen LogP contribution < -0.4 is 0 Å². The number of aromatic nitrogens is 4. The van der Waals surface area contributed by atoms with Crippen molar-refractivity contribution in [3.05, 3.63) is 68.1 Å². The number of halogens is 3. The molecule has 0 N–H and O–H groups in total. The first-order valence-corrected chi connectivity index (χ1v) is 10.0. The van der Waals surface area contributed by atoms with Crippen LogP contribution in [0.5, 0.6) is 0 Å². The van der Waals surface area contributed by atoms with E-state index in [-0.39, 0.29) is 0 Å². The van der Waals surface area contributed by atoms with E-state index in [0.717, 1.165) is 38.2 Å². The third-order valence-electron chi connectivity index (χ3n) is 4.11. The second-order valence-corrected chi connectivity index (χ2v) is 8.42. The van der Waals surface area contributed by atoms with E-state index < -0.39 is 0 Å². The van der Waals surface area contributed by atoms with E-state index in [9.17, 15) is 0 Å². The molecule has 0 aliphatic carbocycles. The van der Waals surface area contributed by atoms with Crippen molar-refractivity contribution in [3.63, 3.8) is 0 Å². The number of benzene rings is 2. The Labute approximate surface area is 175 Å². The van der Waals surface area contributed by atoms with E-state index >= 15 is 0 Å². The zero-order chi connectivity index (χ0) is 19.1. The van der Waals surface area contributed by atoms with Gasteiger partial charge in [-0.3, -0.25) is 0 Å². The highest BCUT2D eigenvalue weighted by Gasteiger charge is 2.22. The van der Waals surface area contributed by atoms with Gasteiger partial charge in [-0.25, -0.2) is 4.68 Å². The van der Waals surface area contributed by atoms with Crippen molar-refractivity contribution in [2.24, 2.45) is 0 Å². The lowest BCUT2D eigenvalue weighted by atomic mass is 10.1. The van der Waals surface area contributed by atoms with Crippen molar-refractivity contribution in [2.45, 2.75) is 13.8 Å². The van der Waals surface area contributed by atoms with Gasteiger partial charge in [-0.2, -0.15) is 5.10 Å². The highest BCUT2D eigenvalue weighted by atomic mass is 35.5. The molecule has 0 saturated heterocycles. The largest absolute Gasteiger partial charge is 0.231 e. The van der Waals surface area contributed by atoms with E-state index in [1.165, 1.54) is 11.3 Å². The molecule has 0 unspecified atom stereocenters. The van der Waals surface area contributed by atoms with Crippen LogP contribution in [0.1, 0.15) is 10.6 Å². The van der Waals surface area contributed by atoms with Crippen molar-refractivity contribution >= 4 is 46.1 Å². The predicted octanol–water partition coefficient (Wildman–Crippen LogP) is 6.63. The standard InChI is InChI=1S/C19H13Cl3N4S/c1-10-17(19-24-23-11(2)27-19)25-26(16-8-7-14(21)9-15(16)22)18(10)12-3-5-13(20)6-4-12/h3-9H,1-2H3. The molecule has 4 nitrogen and oxygen atoms in total. The van der Waals surface area contributed by atoms with Crippen LogP contribution in [0.25, 0.3) is 27.6 Å². The minimum atomic E-state index is 0.514. The summed E-state index contributed by atoms with van der Waals surface area (Å²) in [5, 5.41) is 16.6. The SMILES string of the molecule is Cc1nnc(-c2nn(-c3ccc(Cl)cc3Cl)c(-c3ccc(Cl)cc3)c2C)s1. The van der Waals surface area contributed by atoms with Gasteiger partial charge >= 0.3 is 0 Å². The third kappa shape index (κ3) is 3.48. The zero-order valence-electron chi connectivity index (χ0n) is 14.4. The summed E-state index contributed by atoms with van der Waals surface area (Å²) in [5.41, 5.74) is 4.39. The summed E-state index contributed by atoms with van der Waals surface area (Å²) in [6.07, 6.45) is 0. The second-order valence-electron chi connectivity index (χ2n) is 5.96. The van der Waals surface area contributed by atoms with E-state index in [0.29, 0.717) is 15.1 Å². The Balaban J connectivity index is 1.99. The Morgan fingerprint density at radius 3 is 2.22 bits per heavy atom. The molecule has 0 amide bonds. The van der Waals surface area contributed by atoms with Crippen LogP contribution in [0.4, 0.5) is 0 Å². The molecule has 0 aliphatic heterocycles. The molecular weight excluding hydrogens is 423 g/mol. The predicted molar refractivity (Wildman–Crippen MR) is 112 cm³/mol. The Kier molecular flexibility index (Phi) is 4.95. The molecule has 8 heteroatoms. The smallest absolute Gasteiger partial charge is 0.168 e. The van der Waals surface area contributed by atoms with Gasteiger partial charge in [0.2, 0.25) is 0 Å². The van der Waals surface area contributed by atoms with Gasteiger partial charge < -0.3 is 0 Å². The van der Waals surface area contributed by atoms with Crippen LogP contribution in [0.15, 0.2) is 42.5 Å². The van der Waals surface area contributed by atoms with Crippen molar-refractivity contribution in [3.8, 4) is 27.6 Å². The summed E-state index contributed by atoms with van der Waals surface area (Å²) >= 11 is 20.1. The molecule has 0 spiro atoms. The number of hydrogen-bond donors (Lipinski definition) is 0. The normalized spacial score (nSPS) is 11.1. The molecule has 27 heavy (non-hydrogen) atoms. The first-order chi connectivity index (χ1) is 12.9. The lowest BCUT2D eigenvalue weighted by Crippen LogP contribution is -2.00. The van der Waals surface area contributed by atoms with Crippen molar-refractivity contribution in [2.75, 3.05) is 0 Å². The van der Waals surface area contributed by atoms with Crippen LogP contribution >= 0.6 is 46.1 Å². The average molecular weight is 436 g/mol. The fourth-order valence-corrected chi connectivity index (χ4v) is 4.21. The van der Waals surface area contributed by atoms with Gasteiger partial charge in [-0.05, 0) is 44.2 Å². The molecule has 4 aromatic rings. The van der Waals surface area contributed by atoms with Crippen LogP contribution in [-0.4, -0.2) is 20.0 Å². The molecule has 0 saturated carbocycles.